The largest absolute Gasteiger partial charge is 0.301 e. The summed E-state index contributed by atoms with van der Waals surface area (Å²) >= 11 is 3.48. The first-order chi connectivity index (χ1) is 7.36. The minimum atomic E-state index is 1.16. The molecule has 1 heterocycles. The lowest BCUT2D eigenvalue weighted by atomic mass is 10.2. The summed E-state index contributed by atoms with van der Waals surface area (Å²) in [4.78, 5) is 5.22. The summed E-state index contributed by atoms with van der Waals surface area (Å²) in [6, 6.07) is 0. The lowest BCUT2D eigenvalue weighted by Gasteiger charge is -2.34. The zero-order chi connectivity index (χ0) is 10.9. The van der Waals surface area contributed by atoms with Gasteiger partial charge < -0.3 is 9.80 Å². The molecule has 2 nitrogen and oxygen atoms in total. The Bertz CT molecular complexity index is 142. The highest BCUT2D eigenvalue weighted by atomic mass is 79.9. The monoisotopic (exact) mass is 276 g/mol. The van der Waals surface area contributed by atoms with Crippen molar-refractivity contribution in [3.8, 4) is 0 Å². The Balaban J connectivity index is 1.99. The zero-order valence-electron chi connectivity index (χ0n) is 10.1. The van der Waals surface area contributed by atoms with E-state index in [0.717, 1.165) is 5.33 Å². The number of nitrogens with zero attached hydrogens (tertiary/aromatic N) is 2. The number of rotatable bonds is 7. The molecule has 0 amide bonds. The van der Waals surface area contributed by atoms with Gasteiger partial charge in [0, 0.05) is 31.5 Å². The van der Waals surface area contributed by atoms with Gasteiger partial charge in [0.15, 0.2) is 0 Å². The maximum Gasteiger partial charge on any atom is 0.0110 e. The van der Waals surface area contributed by atoms with E-state index in [0.29, 0.717) is 0 Å². The maximum atomic E-state index is 3.48. The zero-order valence-corrected chi connectivity index (χ0v) is 11.6. The van der Waals surface area contributed by atoms with Gasteiger partial charge in [0.1, 0.15) is 0 Å². The highest BCUT2D eigenvalue weighted by Crippen LogP contribution is 2.05. The molecule has 0 aliphatic carbocycles. The second kappa shape index (κ2) is 8.54. The van der Waals surface area contributed by atoms with E-state index in [1.165, 1.54) is 65.0 Å². The normalized spacial score (nSPS) is 19.6. The van der Waals surface area contributed by atoms with Crippen LogP contribution in [-0.2, 0) is 0 Å². The molecule has 15 heavy (non-hydrogen) atoms. The molecule has 0 aromatic heterocycles. The molecule has 1 saturated heterocycles. The minimum absolute atomic E-state index is 1.16. The van der Waals surface area contributed by atoms with Crippen molar-refractivity contribution in [2.75, 3.05) is 44.6 Å². The van der Waals surface area contributed by atoms with Crippen LogP contribution in [0.5, 0.6) is 0 Å². The summed E-state index contributed by atoms with van der Waals surface area (Å²) in [6.45, 7) is 10.0. The fraction of sp³-hybridized carbons (Fsp3) is 1.00. The van der Waals surface area contributed by atoms with E-state index in [2.05, 4.69) is 32.7 Å². The number of halogens is 1. The maximum absolute atomic E-state index is 3.48. The Morgan fingerprint density at radius 1 is 0.867 bits per heavy atom. The Labute approximate surface area is 103 Å². The van der Waals surface area contributed by atoms with Gasteiger partial charge in [-0.05, 0) is 32.4 Å². The third-order valence-corrected chi connectivity index (χ3v) is 3.67. The molecule has 1 aliphatic rings. The van der Waals surface area contributed by atoms with Gasteiger partial charge >= 0.3 is 0 Å². The molecule has 0 aromatic rings. The van der Waals surface area contributed by atoms with Crippen molar-refractivity contribution in [3.05, 3.63) is 0 Å². The Morgan fingerprint density at radius 3 is 2.00 bits per heavy atom. The summed E-state index contributed by atoms with van der Waals surface area (Å²) in [5.41, 5.74) is 0. The van der Waals surface area contributed by atoms with Gasteiger partial charge in [-0.2, -0.15) is 0 Å². The van der Waals surface area contributed by atoms with E-state index >= 15 is 0 Å². The van der Waals surface area contributed by atoms with E-state index in [-0.39, 0.29) is 0 Å². The van der Waals surface area contributed by atoms with Crippen LogP contribution in [-0.4, -0.2) is 54.4 Å². The molecule has 0 saturated carbocycles. The first-order valence-electron chi connectivity index (χ1n) is 6.37. The lowest BCUT2D eigenvalue weighted by molar-refractivity contribution is 0.131. The topological polar surface area (TPSA) is 6.48 Å². The number of hydrogen-bond acceptors (Lipinski definition) is 2. The molecule has 3 heteroatoms. The van der Waals surface area contributed by atoms with Gasteiger partial charge in [0.2, 0.25) is 0 Å². The molecule has 1 rings (SSSR count). The predicted octanol–water partition coefficient (Wildman–Crippen LogP) is 2.58. The van der Waals surface area contributed by atoms with Gasteiger partial charge in [-0.1, -0.05) is 29.3 Å². The summed E-state index contributed by atoms with van der Waals surface area (Å²) in [5.74, 6) is 0. The Morgan fingerprint density at radius 2 is 1.47 bits per heavy atom. The van der Waals surface area contributed by atoms with Crippen LogP contribution in [0.2, 0.25) is 0 Å². The summed E-state index contributed by atoms with van der Waals surface area (Å²) in [6.07, 6.45) is 5.38. The molecule has 0 bridgehead atoms. The van der Waals surface area contributed by atoms with Crippen LogP contribution in [0, 0.1) is 0 Å². The predicted molar refractivity (Wildman–Crippen MR) is 70.8 cm³/mol. The smallest absolute Gasteiger partial charge is 0.0110 e. The van der Waals surface area contributed by atoms with Crippen molar-refractivity contribution in [2.45, 2.75) is 32.6 Å². The molecule has 0 aromatic carbocycles. The van der Waals surface area contributed by atoms with E-state index in [4.69, 9.17) is 0 Å². The fourth-order valence-electron chi connectivity index (χ4n) is 2.16. The van der Waals surface area contributed by atoms with Crippen molar-refractivity contribution in [1.82, 2.24) is 9.80 Å². The van der Waals surface area contributed by atoms with Crippen molar-refractivity contribution in [1.29, 1.82) is 0 Å². The second-order valence-corrected chi connectivity index (χ2v) is 5.23. The number of alkyl halides is 1. The van der Waals surface area contributed by atoms with Crippen molar-refractivity contribution >= 4 is 15.9 Å². The molecule has 0 atom stereocenters. The van der Waals surface area contributed by atoms with Gasteiger partial charge in [0.05, 0.1) is 0 Å². The average molecular weight is 277 g/mol. The molecular formula is C12H25BrN2. The van der Waals surface area contributed by atoms with E-state index in [1.807, 2.05) is 0 Å². The molecule has 1 aliphatic heterocycles. The van der Waals surface area contributed by atoms with Crippen molar-refractivity contribution in [3.63, 3.8) is 0 Å². The molecule has 0 spiro atoms. The highest BCUT2D eigenvalue weighted by molar-refractivity contribution is 9.09. The van der Waals surface area contributed by atoms with E-state index in [9.17, 15) is 0 Å². The average Bonchev–Trinajstić information content (AvgIpc) is 2.27. The number of piperazine rings is 1. The molecule has 0 radical (unpaired) electrons. The number of hydrogen-bond donors (Lipinski definition) is 0. The molecule has 0 unspecified atom stereocenters. The van der Waals surface area contributed by atoms with Crippen LogP contribution in [0.3, 0.4) is 0 Å². The number of unbranched alkanes of at least 4 members (excludes halogenated alkanes) is 2. The van der Waals surface area contributed by atoms with Crippen LogP contribution in [0.15, 0.2) is 0 Å². The Hall–Kier alpha value is 0.400. The van der Waals surface area contributed by atoms with Crippen LogP contribution in [0.1, 0.15) is 32.6 Å². The van der Waals surface area contributed by atoms with E-state index in [1.54, 1.807) is 0 Å². The van der Waals surface area contributed by atoms with Gasteiger partial charge in [0.25, 0.3) is 0 Å². The lowest BCUT2D eigenvalue weighted by Crippen LogP contribution is -2.46. The van der Waals surface area contributed by atoms with Crippen LogP contribution >= 0.6 is 15.9 Å². The third kappa shape index (κ3) is 5.88. The van der Waals surface area contributed by atoms with Crippen molar-refractivity contribution < 1.29 is 0 Å². The van der Waals surface area contributed by atoms with Crippen LogP contribution < -0.4 is 0 Å². The second-order valence-electron chi connectivity index (χ2n) is 4.43. The third-order valence-electron chi connectivity index (χ3n) is 3.11. The molecule has 90 valence electrons. The standard InChI is InChI=1S/C12H25BrN2/c1-2-7-14-9-11-15(12-10-14)8-5-3-4-6-13/h2-12H2,1H3. The fourth-order valence-corrected chi connectivity index (χ4v) is 2.56. The SMILES string of the molecule is CCCN1CCN(CCCCCBr)CC1. The quantitative estimate of drug-likeness (QED) is 0.521. The first kappa shape index (κ1) is 13.5. The van der Waals surface area contributed by atoms with E-state index < -0.39 is 0 Å². The molecule has 1 fully saturated rings. The minimum Gasteiger partial charge on any atom is -0.301 e. The first-order valence-corrected chi connectivity index (χ1v) is 7.49. The Kier molecular flexibility index (Phi) is 7.67. The summed E-state index contributed by atoms with van der Waals surface area (Å²) < 4.78 is 0. The van der Waals surface area contributed by atoms with Gasteiger partial charge in [-0.15, -0.1) is 0 Å². The molecular weight excluding hydrogens is 252 g/mol. The van der Waals surface area contributed by atoms with Crippen LogP contribution in [0.4, 0.5) is 0 Å². The van der Waals surface area contributed by atoms with Gasteiger partial charge in [-0.3, -0.25) is 0 Å². The highest BCUT2D eigenvalue weighted by Gasteiger charge is 2.14. The summed E-state index contributed by atoms with van der Waals surface area (Å²) in [5, 5.41) is 1.16. The van der Waals surface area contributed by atoms with Crippen LogP contribution in [0.25, 0.3) is 0 Å². The van der Waals surface area contributed by atoms with Crippen molar-refractivity contribution in [2.24, 2.45) is 0 Å². The summed E-state index contributed by atoms with van der Waals surface area (Å²) in [7, 11) is 0. The molecule has 0 N–H and O–H groups in total. The van der Waals surface area contributed by atoms with Gasteiger partial charge in [-0.25, -0.2) is 0 Å².